The van der Waals surface area contributed by atoms with Crippen molar-refractivity contribution in [1.29, 1.82) is 0 Å². The molecule has 11 heteroatoms. The maximum Gasteiger partial charge on any atom is 0.335 e. The van der Waals surface area contributed by atoms with Crippen LogP contribution in [0.3, 0.4) is 0 Å². The number of rotatable bonds is 5. The number of benzene rings is 2. The molecule has 0 bridgehead atoms. The van der Waals surface area contributed by atoms with Gasteiger partial charge in [0.25, 0.3) is 11.8 Å². The average molecular weight is 520 g/mol. The van der Waals surface area contributed by atoms with Gasteiger partial charge in [0.2, 0.25) is 0 Å². The molecule has 0 spiro atoms. The lowest BCUT2D eigenvalue weighted by molar-refractivity contribution is 0.0669. The molecule has 1 saturated carbocycles. The molecule has 0 radical (unpaired) electrons. The van der Waals surface area contributed by atoms with Crippen molar-refractivity contribution in [1.82, 2.24) is 24.6 Å². The van der Waals surface area contributed by atoms with Crippen LogP contribution in [0, 0.1) is 11.6 Å². The number of halogens is 2. The topological polar surface area (TPSA) is 112 Å². The fourth-order valence-electron chi connectivity index (χ4n) is 5.27. The fraction of sp³-hybridized carbons (Fsp3) is 0.259. The van der Waals surface area contributed by atoms with Gasteiger partial charge in [0.05, 0.1) is 47.2 Å². The maximum atomic E-state index is 14.1. The summed E-state index contributed by atoms with van der Waals surface area (Å²) in [5.74, 6) is -2.98. The Hall–Kier alpha value is -4.54. The van der Waals surface area contributed by atoms with Crippen LogP contribution in [0.4, 0.5) is 8.78 Å². The van der Waals surface area contributed by atoms with Gasteiger partial charge < -0.3 is 19.9 Å². The van der Waals surface area contributed by atoms with Crippen molar-refractivity contribution in [2.45, 2.75) is 31.5 Å². The Morgan fingerprint density at radius 1 is 1.05 bits per heavy atom. The highest BCUT2D eigenvalue weighted by molar-refractivity contribution is 5.99. The van der Waals surface area contributed by atoms with Gasteiger partial charge in [-0.2, -0.15) is 5.10 Å². The normalized spacial score (nSPS) is 15.8. The lowest BCUT2D eigenvalue weighted by Gasteiger charge is -2.31. The number of aromatic amines is 1. The zero-order valence-electron chi connectivity index (χ0n) is 20.4. The van der Waals surface area contributed by atoms with E-state index < -0.39 is 29.0 Å². The first-order valence-electron chi connectivity index (χ1n) is 12.1. The summed E-state index contributed by atoms with van der Waals surface area (Å²) < 4.78 is 30.0. The van der Waals surface area contributed by atoms with Gasteiger partial charge in [0.15, 0.2) is 0 Å². The van der Waals surface area contributed by atoms with Crippen molar-refractivity contribution in [3.05, 3.63) is 88.4 Å². The van der Waals surface area contributed by atoms with E-state index in [1.165, 1.54) is 29.3 Å². The van der Waals surface area contributed by atoms with Crippen molar-refractivity contribution in [2.75, 3.05) is 13.6 Å². The largest absolute Gasteiger partial charge is 0.478 e. The van der Waals surface area contributed by atoms with Gasteiger partial charge in [-0.05, 0) is 48.7 Å². The van der Waals surface area contributed by atoms with Gasteiger partial charge in [-0.15, -0.1) is 0 Å². The van der Waals surface area contributed by atoms with Crippen molar-refractivity contribution in [2.24, 2.45) is 0 Å². The number of amides is 2. The van der Waals surface area contributed by atoms with Gasteiger partial charge >= 0.3 is 5.97 Å². The first kappa shape index (κ1) is 23.8. The molecule has 2 aromatic carbocycles. The summed E-state index contributed by atoms with van der Waals surface area (Å²) in [4.78, 5) is 44.0. The Kier molecular flexibility index (Phi) is 5.33. The molecule has 38 heavy (non-hydrogen) atoms. The Morgan fingerprint density at radius 3 is 2.42 bits per heavy atom. The van der Waals surface area contributed by atoms with Crippen LogP contribution >= 0.6 is 0 Å². The van der Waals surface area contributed by atoms with Crippen LogP contribution in [-0.4, -0.2) is 61.0 Å². The molecular formula is C27H23F2N5O4. The molecule has 3 heterocycles. The van der Waals surface area contributed by atoms with Crippen LogP contribution in [0.1, 0.15) is 55.3 Å². The zero-order chi connectivity index (χ0) is 26.8. The summed E-state index contributed by atoms with van der Waals surface area (Å²) in [6.45, 7) is 0.786. The lowest BCUT2D eigenvalue weighted by atomic mass is 10.0. The molecule has 6 rings (SSSR count). The number of hydrogen-bond acceptors (Lipinski definition) is 4. The molecular weight excluding hydrogens is 496 g/mol. The molecule has 194 valence electrons. The number of hydrogen-bond donors (Lipinski definition) is 2. The average Bonchev–Trinajstić information content (AvgIpc) is 3.41. The predicted molar refractivity (Wildman–Crippen MR) is 132 cm³/mol. The Bertz CT molecular complexity index is 1580. The number of carbonyl (C=O) groups is 3. The fourth-order valence-corrected chi connectivity index (χ4v) is 5.27. The number of H-pyrrole nitrogens is 1. The second-order valence-electron chi connectivity index (χ2n) is 9.73. The van der Waals surface area contributed by atoms with E-state index in [4.69, 9.17) is 0 Å². The van der Waals surface area contributed by atoms with Gasteiger partial charge in [0.1, 0.15) is 17.3 Å². The van der Waals surface area contributed by atoms with Crippen molar-refractivity contribution < 1.29 is 28.3 Å². The van der Waals surface area contributed by atoms with Crippen LogP contribution in [0.5, 0.6) is 0 Å². The second kappa shape index (κ2) is 8.51. The van der Waals surface area contributed by atoms with E-state index in [9.17, 15) is 28.3 Å². The quantitative estimate of drug-likeness (QED) is 0.417. The van der Waals surface area contributed by atoms with Crippen LogP contribution in [0.2, 0.25) is 0 Å². The third-order valence-corrected chi connectivity index (χ3v) is 7.65. The number of nitrogens with one attached hydrogen (secondary N) is 1. The van der Waals surface area contributed by atoms with E-state index in [1.807, 2.05) is 0 Å². The summed E-state index contributed by atoms with van der Waals surface area (Å²) in [5.41, 5.74) is 1.43. The SMILES string of the molecule is CN(C(=O)c1cnn2c1CN(C(=O)c1cc3c(F)ccc(F)c3[nH]1)CC2)C1(c2ccc(C(=O)O)cc2)CC1. The maximum absolute atomic E-state index is 14.1. The molecule has 2 N–H and O–H groups in total. The van der Waals surface area contributed by atoms with E-state index in [0.29, 0.717) is 24.3 Å². The van der Waals surface area contributed by atoms with Crippen LogP contribution < -0.4 is 0 Å². The number of carbonyl (C=O) groups excluding carboxylic acids is 2. The highest BCUT2D eigenvalue weighted by Crippen LogP contribution is 2.51. The van der Waals surface area contributed by atoms with Crippen molar-refractivity contribution >= 4 is 28.7 Å². The van der Waals surface area contributed by atoms with Crippen LogP contribution in [-0.2, 0) is 18.6 Å². The molecule has 2 aromatic heterocycles. The summed E-state index contributed by atoms with van der Waals surface area (Å²) in [5, 5.41) is 13.5. The minimum absolute atomic E-state index is 0.000915. The smallest absolute Gasteiger partial charge is 0.335 e. The summed E-state index contributed by atoms with van der Waals surface area (Å²) in [6.07, 6.45) is 2.98. The molecule has 0 atom stereocenters. The highest BCUT2D eigenvalue weighted by Gasteiger charge is 2.50. The van der Waals surface area contributed by atoms with E-state index in [-0.39, 0.29) is 34.6 Å². The zero-order valence-corrected chi connectivity index (χ0v) is 20.4. The van der Waals surface area contributed by atoms with Gasteiger partial charge in [-0.1, -0.05) is 12.1 Å². The summed E-state index contributed by atoms with van der Waals surface area (Å²) in [7, 11) is 1.71. The minimum atomic E-state index is -1.01. The number of carboxylic acids is 1. The summed E-state index contributed by atoms with van der Waals surface area (Å²) >= 11 is 0. The molecule has 0 saturated heterocycles. The molecule has 4 aromatic rings. The molecule has 1 aliphatic heterocycles. The van der Waals surface area contributed by atoms with Gasteiger partial charge in [0, 0.05) is 19.0 Å². The number of fused-ring (bicyclic) bond motifs is 2. The molecule has 1 aliphatic carbocycles. The molecule has 2 amide bonds. The third-order valence-electron chi connectivity index (χ3n) is 7.65. The molecule has 0 unspecified atom stereocenters. The first-order chi connectivity index (χ1) is 18.2. The van der Waals surface area contributed by atoms with E-state index >= 15 is 0 Å². The lowest BCUT2D eigenvalue weighted by Crippen LogP contribution is -2.41. The Balaban J connectivity index is 1.25. The number of carboxylic acid groups (broad SMARTS) is 1. The number of aromatic carboxylic acids is 1. The van der Waals surface area contributed by atoms with E-state index in [0.717, 1.165) is 30.5 Å². The minimum Gasteiger partial charge on any atom is -0.478 e. The number of aromatic nitrogens is 3. The first-order valence-corrected chi connectivity index (χ1v) is 12.1. The number of nitrogens with zero attached hydrogens (tertiary/aromatic N) is 4. The molecule has 1 fully saturated rings. The Morgan fingerprint density at radius 2 is 1.76 bits per heavy atom. The molecule has 2 aliphatic rings. The van der Waals surface area contributed by atoms with Crippen molar-refractivity contribution in [3.63, 3.8) is 0 Å². The van der Waals surface area contributed by atoms with E-state index in [1.54, 1.807) is 28.8 Å². The third kappa shape index (κ3) is 3.65. The monoisotopic (exact) mass is 519 g/mol. The van der Waals surface area contributed by atoms with Crippen LogP contribution in [0.25, 0.3) is 10.9 Å². The van der Waals surface area contributed by atoms with Crippen molar-refractivity contribution in [3.8, 4) is 0 Å². The predicted octanol–water partition coefficient (Wildman–Crippen LogP) is 3.76. The molecule has 9 nitrogen and oxygen atoms in total. The second-order valence-corrected chi connectivity index (χ2v) is 9.73. The summed E-state index contributed by atoms with van der Waals surface area (Å²) in [6, 6.07) is 9.85. The Labute approximate surface area is 215 Å². The van der Waals surface area contributed by atoms with Crippen LogP contribution in [0.15, 0.2) is 48.7 Å². The van der Waals surface area contributed by atoms with E-state index in [2.05, 4.69) is 10.1 Å². The van der Waals surface area contributed by atoms with Gasteiger partial charge in [-0.25, -0.2) is 13.6 Å². The standard InChI is InChI=1S/C27H23F2N5O4/c1-32(27(8-9-27)16-4-2-15(3-5-16)26(37)38)24(35)18-13-30-34-11-10-33(14-22(18)34)25(36)21-12-17-19(28)6-7-20(29)23(17)31-21/h2-7,12-13,31H,8-11,14H2,1H3,(H,37,38). The van der Waals surface area contributed by atoms with Gasteiger partial charge in [-0.3, -0.25) is 14.3 Å². The highest BCUT2D eigenvalue weighted by atomic mass is 19.1.